The highest BCUT2D eigenvalue weighted by Crippen LogP contribution is 2.26. The summed E-state index contributed by atoms with van der Waals surface area (Å²) < 4.78 is 29.6. The SMILES string of the molecule is CCCS(=O)(=O)c1ccccc1N(CCOC)CC(=O)O. The van der Waals surface area contributed by atoms with Crippen molar-refractivity contribution < 1.29 is 23.1 Å². The van der Waals surface area contributed by atoms with Gasteiger partial charge in [0.05, 0.1) is 22.9 Å². The van der Waals surface area contributed by atoms with Gasteiger partial charge in [-0.3, -0.25) is 4.79 Å². The summed E-state index contributed by atoms with van der Waals surface area (Å²) >= 11 is 0. The van der Waals surface area contributed by atoms with Crippen molar-refractivity contribution in [2.45, 2.75) is 18.2 Å². The van der Waals surface area contributed by atoms with Crippen LogP contribution in [0.25, 0.3) is 0 Å². The Balaban J connectivity index is 3.22. The Morgan fingerprint density at radius 1 is 1.33 bits per heavy atom. The van der Waals surface area contributed by atoms with Crippen molar-refractivity contribution in [1.82, 2.24) is 0 Å². The van der Waals surface area contributed by atoms with Crippen molar-refractivity contribution >= 4 is 21.5 Å². The van der Waals surface area contributed by atoms with Gasteiger partial charge in [0.25, 0.3) is 0 Å². The summed E-state index contributed by atoms with van der Waals surface area (Å²) in [6.07, 6.45) is 0.508. The molecule has 0 amide bonds. The number of rotatable bonds is 9. The zero-order valence-corrected chi connectivity index (χ0v) is 13.1. The summed E-state index contributed by atoms with van der Waals surface area (Å²) in [5.41, 5.74) is 0.408. The lowest BCUT2D eigenvalue weighted by molar-refractivity contribution is -0.135. The van der Waals surface area contributed by atoms with Gasteiger partial charge in [0, 0.05) is 13.7 Å². The van der Waals surface area contributed by atoms with Crippen molar-refractivity contribution in [2.75, 3.05) is 37.5 Å². The van der Waals surface area contributed by atoms with Crippen molar-refractivity contribution in [3.8, 4) is 0 Å². The van der Waals surface area contributed by atoms with Crippen LogP contribution in [-0.4, -0.2) is 52.1 Å². The van der Waals surface area contributed by atoms with E-state index in [1.807, 2.05) is 0 Å². The van der Waals surface area contributed by atoms with Crippen molar-refractivity contribution in [3.63, 3.8) is 0 Å². The first-order valence-electron chi connectivity index (χ1n) is 6.69. The van der Waals surface area contributed by atoms with E-state index >= 15 is 0 Å². The Labute approximate surface area is 125 Å². The Morgan fingerprint density at radius 2 is 2.00 bits per heavy atom. The van der Waals surface area contributed by atoms with Crippen LogP contribution >= 0.6 is 0 Å². The van der Waals surface area contributed by atoms with Crippen LogP contribution < -0.4 is 4.90 Å². The molecule has 0 spiro atoms. The minimum absolute atomic E-state index is 0.0369. The van der Waals surface area contributed by atoms with Gasteiger partial charge in [-0.2, -0.15) is 0 Å². The molecule has 0 unspecified atom stereocenters. The van der Waals surface area contributed by atoms with E-state index in [0.29, 0.717) is 25.3 Å². The van der Waals surface area contributed by atoms with Gasteiger partial charge in [0.15, 0.2) is 9.84 Å². The maximum Gasteiger partial charge on any atom is 0.323 e. The Morgan fingerprint density at radius 3 is 2.57 bits per heavy atom. The van der Waals surface area contributed by atoms with Crippen LogP contribution in [0.3, 0.4) is 0 Å². The number of ether oxygens (including phenoxy) is 1. The summed E-state index contributed by atoms with van der Waals surface area (Å²) in [5, 5.41) is 9.01. The second-order valence-corrected chi connectivity index (χ2v) is 6.67. The van der Waals surface area contributed by atoms with Gasteiger partial charge in [0.2, 0.25) is 0 Å². The van der Waals surface area contributed by atoms with Gasteiger partial charge in [-0.25, -0.2) is 8.42 Å². The fraction of sp³-hybridized carbons (Fsp3) is 0.500. The van der Waals surface area contributed by atoms with Crippen LogP contribution in [0, 0.1) is 0 Å². The first kappa shape index (κ1) is 17.5. The lowest BCUT2D eigenvalue weighted by atomic mass is 10.3. The minimum atomic E-state index is -3.42. The summed E-state index contributed by atoms with van der Waals surface area (Å²) in [7, 11) is -1.91. The molecule has 0 aliphatic heterocycles. The predicted octanol–water partition coefficient (Wildman–Crippen LogP) is 1.41. The highest BCUT2D eigenvalue weighted by molar-refractivity contribution is 7.91. The quantitative estimate of drug-likeness (QED) is 0.742. The van der Waals surface area contributed by atoms with E-state index in [9.17, 15) is 13.2 Å². The number of carboxylic acid groups (broad SMARTS) is 1. The Hall–Kier alpha value is -1.60. The molecule has 1 aromatic carbocycles. The molecular weight excluding hydrogens is 294 g/mol. The van der Waals surface area contributed by atoms with Crippen LogP contribution in [-0.2, 0) is 19.4 Å². The van der Waals surface area contributed by atoms with E-state index in [2.05, 4.69) is 0 Å². The van der Waals surface area contributed by atoms with Gasteiger partial charge < -0.3 is 14.7 Å². The second-order valence-electron chi connectivity index (χ2n) is 4.59. The molecule has 0 fully saturated rings. The topological polar surface area (TPSA) is 83.9 Å². The van der Waals surface area contributed by atoms with Crippen molar-refractivity contribution in [2.24, 2.45) is 0 Å². The Bertz CT molecular complexity index is 570. The number of methoxy groups -OCH3 is 1. The number of para-hydroxylation sites is 1. The van der Waals surface area contributed by atoms with Crippen LogP contribution in [0.5, 0.6) is 0 Å². The number of carbonyl (C=O) groups is 1. The smallest absolute Gasteiger partial charge is 0.323 e. The second kappa shape index (κ2) is 7.99. The summed E-state index contributed by atoms with van der Waals surface area (Å²) in [6, 6.07) is 6.48. The maximum atomic E-state index is 12.3. The summed E-state index contributed by atoms with van der Waals surface area (Å²) in [4.78, 5) is 12.7. The molecular formula is C14H21NO5S. The molecule has 6 nitrogen and oxygen atoms in total. The third-order valence-electron chi connectivity index (χ3n) is 2.91. The van der Waals surface area contributed by atoms with Gasteiger partial charge in [0.1, 0.15) is 6.54 Å². The van der Waals surface area contributed by atoms with Crippen LogP contribution in [0.1, 0.15) is 13.3 Å². The molecule has 7 heteroatoms. The van der Waals surface area contributed by atoms with E-state index in [1.54, 1.807) is 25.1 Å². The van der Waals surface area contributed by atoms with E-state index in [0.717, 1.165) is 0 Å². The number of hydrogen-bond acceptors (Lipinski definition) is 5. The fourth-order valence-electron chi connectivity index (χ4n) is 2.01. The monoisotopic (exact) mass is 315 g/mol. The summed E-state index contributed by atoms with van der Waals surface area (Å²) in [6.45, 7) is 2.14. The van der Waals surface area contributed by atoms with Crippen LogP contribution in [0.4, 0.5) is 5.69 Å². The maximum absolute atomic E-state index is 12.3. The molecule has 0 aliphatic rings. The molecule has 0 aliphatic carbocycles. The van der Waals surface area contributed by atoms with Crippen LogP contribution in [0.15, 0.2) is 29.2 Å². The van der Waals surface area contributed by atoms with E-state index < -0.39 is 15.8 Å². The fourth-order valence-corrected chi connectivity index (χ4v) is 3.57. The average Bonchev–Trinajstić information content (AvgIpc) is 2.43. The molecule has 0 radical (unpaired) electrons. The minimum Gasteiger partial charge on any atom is -0.480 e. The Kier molecular flexibility index (Phi) is 6.64. The number of nitrogens with zero attached hydrogens (tertiary/aromatic N) is 1. The zero-order valence-electron chi connectivity index (χ0n) is 12.3. The lowest BCUT2D eigenvalue weighted by Crippen LogP contribution is -2.33. The zero-order chi connectivity index (χ0) is 15.9. The molecule has 0 saturated heterocycles. The van der Waals surface area contributed by atoms with E-state index in [4.69, 9.17) is 9.84 Å². The average molecular weight is 315 g/mol. The van der Waals surface area contributed by atoms with Gasteiger partial charge in [-0.05, 0) is 18.6 Å². The van der Waals surface area contributed by atoms with Crippen molar-refractivity contribution in [1.29, 1.82) is 0 Å². The highest BCUT2D eigenvalue weighted by atomic mass is 32.2. The molecule has 1 rings (SSSR count). The van der Waals surface area contributed by atoms with Gasteiger partial charge in [-0.1, -0.05) is 19.1 Å². The van der Waals surface area contributed by atoms with Gasteiger partial charge in [-0.15, -0.1) is 0 Å². The van der Waals surface area contributed by atoms with E-state index in [1.165, 1.54) is 18.1 Å². The first-order chi connectivity index (χ1) is 9.92. The number of aliphatic carboxylic acids is 1. The molecule has 1 N–H and O–H groups in total. The predicted molar refractivity (Wildman–Crippen MR) is 80.5 cm³/mol. The molecule has 1 aromatic rings. The molecule has 0 bridgehead atoms. The number of hydrogen-bond donors (Lipinski definition) is 1. The number of carboxylic acids is 1. The molecule has 0 atom stereocenters. The number of benzene rings is 1. The molecule has 0 saturated carbocycles. The molecule has 0 heterocycles. The number of sulfone groups is 1. The lowest BCUT2D eigenvalue weighted by Gasteiger charge is -2.25. The third kappa shape index (κ3) is 5.02. The molecule has 0 aromatic heterocycles. The third-order valence-corrected chi connectivity index (χ3v) is 4.87. The largest absolute Gasteiger partial charge is 0.480 e. The number of anilines is 1. The van der Waals surface area contributed by atoms with Crippen LogP contribution in [0.2, 0.25) is 0 Å². The highest BCUT2D eigenvalue weighted by Gasteiger charge is 2.22. The van der Waals surface area contributed by atoms with Gasteiger partial charge >= 0.3 is 5.97 Å². The standard InChI is InChI=1S/C14H21NO5S/c1-3-10-21(18,19)13-7-5-4-6-12(13)15(8-9-20-2)11-14(16)17/h4-7H,3,8-11H2,1-2H3,(H,16,17). The van der Waals surface area contributed by atoms with E-state index in [-0.39, 0.29) is 17.2 Å². The van der Waals surface area contributed by atoms with Crippen molar-refractivity contribution in [3.05, 3.63) is 24.3 Å². The summed E-state index contributed by atoms with van der Waals surface area (Å²) in [5.74, 6) is -0.983. The normalized spacial score (nSPS) is 11.3. The first-order valence-corrected chi connectivity index (χ1v) is 8.35. The molecule has 21 heavy (non-hydrogen) atoms. The molecule has 118 valence electrons.